The van der Waals surface area contributed by atoms with Gasteiger partial charge in [-0.2, -0.15) is 0 Å². The number of hydrogen-bond donors (Lipinski definition) is 0. The van der Waals surface area contributed by atoms with Crippen molar-refractivity contribution in [2.24, 2.45) is 0 Å². The first-order valence-electron chi connectivity index (χ1n) is 15.1. The van der Waals surface area contributed by atoms with E-state index in [1.807, 2.05) is 41.5 Å². The van der Waals surface area contributed by atoms with Crippen LogP contribution in [0.3, 0.4) is 0 Å². The first kappa shape index (κ1) is 31.7. The average molecular weight is 487 g/mol. The average Bonchev–Trinajstić information content (AvgIpc) is 3.34. The Labute approximate surface area is 224 Å². The van der Waals surface area contributed by atoms with Gasteiger partial charge in [-0.25, -0.2) is 0 Å². The SMILES string of the molecule is CC.CC.CC.c1ccc2c(c1)CCC2.c1ccc2c(c1)CCCC2.c1ccc2c(c1)CCCCC2. The lowest BCUT2D eigenvalue weighted by Crippen LogP contribution is -2.00. The number of benzene rings is 3. The molecular weight excluding hydrogens is 432 g/mol. The van der Waals surface area contributed by atoms with Gasteiger partial charge in [-0.15, -0.1) is 0 Å². The fourth-order valence-electron chi connectivity index (χ4n) is 5.04. The normalized spacial score (nSPS) is 14.2. The van der Waals surface area contributed by atoms with E-state index in [0.29, 0.717) is 0 Å². The zero-order valence-electron chi connectivity index (χ0n) is 24.4. The molecule has 0 aromatic heterocycles. The largest absolute Gasteiger partial charge is 0.0683 e. The molecule has 0 radical (unpaired) electrons. The van der Waals surface area contributed by atoms with Gasteiger partial charge in [0.05, 0.1) is 0 Å². The Morgan fingerprint density at radius 2 is 0.472 bits per heavy atom. The van der Waals surface area contributed by atoms with E-state index in [9.17, 15) is 0 Å². The number of hydrogen-bond acceptors (Lipinski definition) is 0. The Morgan fingerprint density at radius 3 is 0.722 bits per heavy atom. The third-order valence-electron chi connectivity index (χ3n) is 6.78. The maximum atomic E-state index is 2.28. The molecule has 0 fully saturated rings. The van der Waals surface area contributed by atoms with Crippen LogP contribution in [0.4, 0.5) is 0 Å². The minimum Gasteiger partial charge on any atom is -0.0683 e. The summed E-state index contributed by atoms with van der Waals surface area (Å²) >= 11 is 0. The molecule has 0 amide bonds. The quantitative estimate of drug-likeness (QED) is 0.277. The van der Waals surface area contributed by atoms with Gasteiger partial charge in [0.1, 0.15) is 0 Å². The van der Waals surface area contributed by atoms with Gasteiger partial charge in [-0.3, -0.25) is 0 Å². The summed E-state index contributed by atoms with van der Waals surface area (Å²) in [6, 6.07) is 26.4. The molecule has 0 heterocycles. The van der Waals surface area contributed by atoms with Crippen LogP contribution in [0.1, 0.15) is 113 Å². The highest BCUT2D eigenvalue weighted by Gasteiger charge is 2.08. The number of aryl methyl sites for hydroxylation is 6. The molecule has 0 spiro atoms. The van der Waals surface area contributed by atoms with Crippen molar-refractivity contribution in [3.63, 3.8) is 0 Å². The van der Waals surface area contributed by atoms with Gasteiger partial charge in [0.15, 0.2) is 0 Å². The van der Waals surface area contributed by atoms with Crippen molar-refractivity contribution in [2.45, 2.75) is 119 Å². The summed E-state index contributed by atoms with van der Waals surface area (Å²) in [5.41, 5.74) is 9.47. The van der Waals surface area contributed by atoms with Crippen LogP contribution in [-0.4, -0.2) is 0 Å². The molecule has 198 valence electrons. The van der Waals surface area contributed by atoms with E-state index in [4.69, 9.17) is 0 Å². The Bertz CT molecular complexity index is 848. The van der Waals surface area contributed by atoms with Crippen molar-refractivity contribution >= 4 is 0 Å². The molecule has 6 rings (SSSR count). The van der Waals surface area contributed by atoms with Gasteiger partial charge in [0.2, 0.25) is 0 Å². The molecule has 0 aliphatic heterocycles. The van der Waals surface area contributed by atoms with Crippen LogP contribution >= 0.6 is 0 Å². The topological polar surface area (TPSA) is 0 Å². The monoisotopic (exact) mass is 486 g/mol. The summed E-state index contributed by atoms with van der Waals surface area (Å²) in [5, 5.41) is 0. The van der Waals surface area contributed by atoms with Crippen LogP contribution in [0.25, 0.3) is 0 Å². The van der Waals surface area contributed by atoms with Crippen LogP contribution in [0.15, 0.2) is 72.8 Å². The van der Waals surface area contributed by atoms with Crippen molar-refractivity contribution in [3.05, 3.63) is 106 Å². The lowest BCUT2D eigenvalue weighted by molar-refractivity contribution is 0.685. The third kappa shape index (κ3) is 11.2. The fraction of sp³-hybridized carbons (Fsp3) is 0.500. The second kappa shape index (κ2) is 20.8. The molecule has 0 nitrogen and oxygen atoms in total. The molecule has 3 aliphatic rings. The Balaban J connectivity index is 0.000000245. The van der Waals surface area contributed by atoms with Gasteiger partial charge < -0.3 is 0 Å². The molecule has 0 bridgehead atoms. The zero-order valence-corrected chi connectivity index (χ0v) is 24.4. The van der Waals surface area contributed by atoms with Crippen molar-refractivity contribution in [2.75, 3.05) is 0 Å². The Hall–Kier alpha value is -2.34. The predicted octanol–water partition coefficient (Wildman–Crippen LogP) is 10.8. The third-order valence-corrected chi connectivity index (χ3v) is 6.78. The number of fused-ring (bicyclic) bond motifs is 3. The molecule has 3 aliphatic carbocycles. The maximum absolute atomic E-state index is 2.28. The molecule has 36 heavy (non-hydrogen) atoms. The highest BCUT2D eigenvalue weighted by molar-refractivity contribution is 5.31. The highest BCUT2D eigenvalue weighted by atomic mass is 14.1. The lowest BCUT2D eigenvalue weighted by atomic mass is 9.92. The first-order chi connectivity index (χ1) is 17.9. The molecule has 3 aromatic carbocycles. The minimum absolute atomic E-state index is 1.30. The van der Waals surface area contributed by atoms with E-state index in [1.54, 1.807) is 33.4 Å². The van der Waals surface area contributed by atoms with Crippen molar-refractivity contribution < 1.29 is 0 Å². The molecule has 0 N–H and O–H groups in total. The molecule has 0 saturated heterocycles. The Kier molecular flexibility index (Phi) is 18.3. The lowest BCUT2D eigenvalue weighted by Gasteiger charge is -2.13. The van der Waals surface area contributed by atoms with Crippen molar-refractivity contribution in [3.8, 4) is 0 Å². The second-order valence-corrected chi connectivity index (χ2v) is 8.93. The minimum atomic E-state index is 1.30. The van der Waals surface area contributed by atoms with E-state index in [0.717, 1.165) is 0 Å². The summed E-state index contributed by atoms with van der Waals surface area (Å²) < 4.78 is 0. The summed E-state index contributed by atoms with van der Waals surface area (Å²) in [5.74, 6) is 0. The summed E-state index contributed by atoms with van der Waals surface area (Å²) in [4.78, 5) is 0. The fourth-order valence-corrected chi connectivity index (χ4v) is 5.04. The van der Waals surface area contributed by atoms with Gasteiger partial charge in [-0.1, -0.05) is 121 Å². The predicted molar refractivity (Wildman–Crippen MR) is 163 cm³/mol. The van der Waals surface area contributed by atoms with E-state index in [2.05, 4.69) is 72.8 Å². The van der Waals surface area contributed by atoms with Crippen molar-refractivity contribution in [1.29, 1.82) is 0 Å². The van der Waals surface area contributed by atoms with Gasteiger partial charge >= 0.3 is 0 Å². The van der Waals surface area contributed by atoms with Crippen LogP contribution < -0.4 is 0 Å². The standard InChI is InChI=1S/C11H14.C10H12.C9H10.3C2H6/c1-2-6-10-8-4-5-9-11(10)7-3-1;1-2-6-10-8-4-3-7-9(10)5-1;1-2-5-9-7-3-6-8(9)4-1;3*1-2/h4-5,8-9H,1-3,6-7H2;1-2,5-6H,3-4,7-8H2;1-2,4-5H,3,6-7H2;3*1-2H3. The van der Waals surface area contributed by atoms with Crippen LogP contribution in [0.5, 0.6) is 0 Å². The molecular formula is C36H54. The zero-order chi connectivity index (χ0) is 26.4. The van der Waals surface area contributed by atoms with Crippen LogP contribution in [0.2, 0.25) is 0 Å². The van der Waals surface area contributed by atoms with E-state index >= 15 is 0 Å². The highest BCUT2D eigenvalue weighted by Crippen LogP contribution is 2.21. The molecule has 3 aromatic rings. The summed E-state index contributed by atoms with van der Waals surface area (Å²) in [7, 11) is 0. The van der Waals surface area contributed by atoms with Gasteiger partial charge in [0.25, 0.3) is 0 Å². The van der Waals surface area contributed by atoms with E-state index in [-0.39, 0.29) is 0 Å². The smallest absolute Gasteiger partial charge is 0.0273 e. The van der Waals surface area contributed by atoms with E-state index in [1.165, 1.54) is 77.0 Å². The summed E-state index contributed by atoms with van der Waals surface area (Å²) in [6.45, 7) is 12.0. The first-order valence-corrected chi connectivity index (χ1v) is 15.1. The van der Waals surface area contributed by atoms with Crippen LogP contribution in [0, 0.1) is 0 Å². The van der Waals surface area contributed by atoms with Gasteiger partial charge in [0, 0.05) is 0 Å². The van der Waals surface area contributed by atoms with Gasteiger partial charge in [-0.05, 0) is 104 Å². The van der Waals surface area contributed by atoms with Crippen molar-refractivity contribution in [1.82, 2.24) is 0 Å². The maximum Gasteiger partial charge on any atom is -0.0273 e. The second-order valence-electron chi connectivity index (χ2n) is 8.93. The number of rotatable bonds is 0. The summed E-state index contributed by atoms with van der Waals surface area (Å²) in [6.07, 6.45) is 16.1. The molecule has 0 unspecified atom stereocenters. The molecule has 0 saturated carbocycles. The molecule has 0 atom stereocenters. The van der Waals surface area contributed by atoms with Crippen LogP contribution in [-0.2, 0) is 38.5 Å². The Morgan fingerprint density at radius 1 is 0.278 bits per heavy atom. The molecule has 0 heteroatoms. The van der Waals surface area contributed by atoms with E-state index < -0.39 is 0 Å².